The van der Waals surface area contributed by atoms with Crippen LogP contribution in [0, 0.1) is 0 Å². The van der Waals surface area contributed by atoms with Crippen molar-refractivity contribution < 1.29 is 19.2 Å². The second kappa shape index (κ2) is 13.3. The average Bonchev–Trinajstić information content (AvgIpc) is 2.27. The highest BCUT2D eigenvalue weighted by atomic mass is 79.9. The summed E-state index contributed by atoms with van der Waals surface area (Å²) in [6, 6.07) is -0.814. The molecular weight excluding hydrogens is 375 g/mol. The third-order valence-corrected chi connectivity index (χ3v) is 3.74. The van der Waals surface area contributed by atoms with Crippen molar-refractivity contribution in [2.75, 3.05) is 0 Å². The zero-order chi connectivity index (χ0) is 14.9. The minimum Gasteiger partial charge on any atom is -0.351 e. The zero-order valence-corrected chi connectivity index (χ0v) is 15.0. The number of alkyl halides is 1. The minimum atomic E-state index is -0.814. The van der Waals surface area contributed by atoms with Crippen LogP contribution in [0.4, 0.5) is 4.79 Å². The summed E-state index contributed by atoms with van der Waals surface area (Å²) >= 11 is 3.26. The van der Waals surface area contributed by atoms with Crippen LogP contribution in [0.1, 0.15) is 40.5 Å². The van der Waals surface area contributed by atoms with Gasteiger partial charge in [0.05, 0.1) is 0 Å². The second-order valence-electron chi connectivity index (χ2n) is 3.60. The van der Waals surface area contributed by atoms with Gasteiger partial charge in [0.1, 0.15) is 4.32 Å². The normalized spacial score (nSPS) is 8.85. The van der Waals surface area contributed by atoms with E-state index in [0.717, 1.165) is 0 Å². The Labute approximate surface area is 139 Å². The largest absolute Gasteiger partial charge is 0.351 e. The molecule has 3 N–H and O–H groups in total. The Morgan fingerprint density at radius 3 is 1.45 bits per heavy atom. The molecular formula is C11H21BrCl2N2O4. The number of carbonyl (C=O) groups is 4. The summed E-state index contributed by atoms with van der Waals surface area (Å²) in [7, 11) is 0. The van der Waals surface area contributed by atoms with Crippen molar-refractivity contribution in [2.24, 2.45) is 5.73 Å². The molecule has 0 rings (SSSR count). The molecule has 0 bridgehead atoms. The van der Waals surface area contributed by atoms with Crippen LogP contribution in [-0.2, 0) is 14.4 Å². The van der Waals surface area contributed by atoms with Crippen molar-refractivity contribution >= 4 is 64.2 Å². The molecule has 0 radical (unpaired) electrons. The van der Waals surface area contributed by atoms with Gasteiger partial charge < -0.3 is 5.73 Å². The number of nitrogens with one attached hydrogen (secondary N) is 1. The van der Waals surface area contributed by atoms with Crippen LogP contribution in [0.25, 0.3) is 0 Å². The number of ketones is 2. The summed E-state index contributed by atoms with van der Waals surface area (Å²) in [5.41, 5.74) is 4.81. The number of amides is 3. The fourth-order valence-corrected chi connectivity index (χ4v) is 0.894. The number of hydrogen-bond donors (Lipinski definition) is 2. The molecule has 0 heterocycles. The van der Waals surface area contributed by atoms with Crippen molar-refractivity contribution in [3.05, 3.63) is 0 Å². The van der Waals surface area contributed by atoms with E-state index in [2.05, 4.69) is 15.9 Å². The highest BCUT2D eigenvalue weighted by Crippen LogP contribution is 2.26. The van der Waals surface area contributed by atoms with E-state index < -0.39 is 10.4 Å². The molecule has 120 valence electrons. The van der Waals surface area contributed by atoms with E-state index >= 15 is 0 Å². The van der Waals surface area contributed by atoms with Crippen molar-refractivity contribution in [1.29, 1.82) is 0 Å². The molecule has 0 aromatic heterocycles. The lowest BCUT2D eigenvalue weighted by molar-refractivity contribution is -0.134. The van der Waals surface area contributed by atoms with Crippen LogP contribution < -0.4 is 11.1 Å². The van der Waals surface area contributed by atoms with Crippen molar-refractivity contribution in [3.8, 4) is 0 Å². The minimum absolute atomic E-state index is 0. The molecule has 0 aliphatic rings. The molecule has 0 unspecified atom stereocenters. The number of nitrogens with two attached hydrogens (primary N) is 1. The van der Waals surface area contributed by atoms with Gasteiger partial charge in [0, 0.05) is 13.8 Å². The Kier molecular flexibility index (Phi) is 18.4. The van der Waals surface area contributed by atoms with Crippen LogP contribution in [-0.4, -0.2) is 27.8 Å². The summed E-state index contributed by atoms with van der Waals surface area (Å²) in [5.74, 6) is -1.13. The maximum atomic E-state index is 11.3. The van der Waals surface area contributed by atoms with Gasteiger partial charge in [0.25, 0.3) is 0 Å². The van der Waals surface area contributed by atoms with Gasteiger partial charge in [0.15, 0.2) is 11.6 Å². The fraction of sp³-hybridized carbons (Fsp3) is 0.636. The van der Waals surface area contributed by atoms with Gasteiger partial charge in [0.2, 0.25) is 5.91 Å². The van der Waals surface area contributed by atoms with E-state index in [9.17, 15) is 19.2 Å². The van der Waals surface area contributed by atoms with Gasteiger partial charge in [-0.3, -0.25) is 19.7 Å². The lowest BCUT2D eigenvalue weighted by atomic mass is 10.0. The first-order chi connectivity index (χ1) is 8.10. The Morgan fingerprint density at radius 1 is 1.00 bits per heavy atom. The van der Waals surface area contributed by atoms with E-state index in [1.54, 1.807) is 0 Å². The third kappa shape index (κ3) is 12.4. The van der Waals surface area contributed by atoms with Crippen LogP contribution in [0.5, 0.6) is 0 Å². The molecule has 0 spiro atoms. The van der Waals surface area contributed by atoms with E-state index in [0.29, 0.717) is 12.8 Å². The lowest BCUT2D eigenvalue weighted by Crippen LogP contribution is -2.46. The molecule has 6 nitrogen and oxygen atoms in total. The maximum absolute atomic E-state index is 11.3. The van der Waals surface area contributed by atoms with Gasteiger partial charge in [-0.15, -0.1) is 24.8 Å². The van der Waals surface area contributed by atoms with E-state index in [4.69, 9.17) is 5.73 Å². The van der Waals surface area contributed by atoms with E-state index in [1.807, 2.05) is 19.2 Å². The van der Waals surface area contributed by atoms with E-state index in [1.165, 1.54) is 13.8 Å². The Balaban J connectivity index is -0.000000139. The molecule has 0 fully saturated rings. The van der Waals surface area contributed by atoms with E-state index in [-0.39, 0.29) is 42.3 Å². The van der Waals surface area contributed by atoms with Crippen LogP contribution in [0.2, 0.25) is 0 Å². The summed E-state index contributed by atoms with van der Waals surface area (Å²) in [5, 5.41) is 2.04. The lowest BCUT2D eigenvalue weighted by Gasteiger charge is -2.21. The van der Waals surface area contributed by atoms with Crippen LogP contribution >= 0.6 is 40.7 Å². The Hall–Kier alpha value is -0.660. The average molecular weight is 396 g/mol. The van der Waals surface area contributed by atoms with Crippen LogP contribution in [0.3, 0.4) is 0 Å². The fourth-order valence-electron chi connectivity index (χ4n) is 0.795. The molecule has 20 heavy (non-hydrogen) atoms. The highest BCUT2D eigenvalue weighted by molar-refractivity contribution is 9.10. The van der Waals surface area contributed by atoms with Gasteiger partial charge in [-0.05, 0) is 12.8 Å². The number of hydrogen-bond acceptors (Lipinski definition) is 4. The molecule has 9 heteroatoms. The quantitative estimate of drug-likeness (QED) is 0.561. The topological polar surface area (TPSA) is 106 Å². The Bertz CT molecular complexity index is 335. The summed E-state index contributed by atoms with van der Waals surface area (Å²) in [4.78, 5) is 41.2. The number of carbonyl (C=O) groups excluding carboxylic acids is 4. The number of imide groups is 1. The SMILES string of the molecule is CC(=O)C(C)=O.CCC(Br)(CC)C(=O)NC(N)=O.Cl.Cl. The van der Waals surface area contributed by atoms with Crippen molar-refractivity contribution in [1.82, 2.24) is 5.32 Å². The standard InChI is InChI=1S/C7H13BrN2O2.C4H6O2.2ClH/c1-3-7(8,4-2)5(11)10-6(9)12;1-3(5)4(2)6;;/h3-4H2,1-2H3,(H3,9,10,11,12);1-2H3;2*1H. The summed E-state index contributed by atoms with van der Waals surface area (Å²) in [6.07, 6.45) is 1.23. The van der Waals surface area contributed by atoms with Gasteiger partial charge in [-0.2, -0.15) is 0 Å². The molecule has 0 saturated heterocycles. The predicted octanol–water partition coefficient (Wildman–Crippen LogP) is 2.14. The number of Topliss-reactive ketones (excluding diaryl/α,β-unsaturated/α-hetero) is 2. The molecule has 0 saturated carbocycles. The molecule has 0 atom stereocenters. The monoisotopic (exact) mass is 394 g/mol. The predicted molar refractivity (Wildman–Crippen MR) is 85.8 cm³/mol. The smallest absolute Gasteiger partial charge is 0.318 e. The number of rotatable bonds is 4. The molecule has 0 aromatic carbocycles. The van der Waals surface area contributed by atoms with Gasteiger partial charge in [-0.25, -0.2) is 4.79 Å². The maximum Gasteiger partial charge on any atom is 0.318 e. The van der Waals surface area contributed by atoms with Gasteiger partial charge >= 0.3 is 6.03 Å². The first-order valence-corrected chi connectivity index (χ1v) is 6.21. The van der Waals surface area contributed by atoms with Crippen LogP contribution in [0.15, 0.2) is 0 Å². The van der Waals surface area contributed by atoms with Crippen molar-refractivity contribution in [2.45, 2.75) is 44.9 Å². The van der Waals surface area contributed by atoms with Gasteiger partial charge in [-0.1, -0.05) is 29.8 Å². The Morgan fingerprint density at radius 2 is 1.30 bits per heavy atom. The summed E-state index contributed by atoms with van der Waals surface area (Å²) in [6.45, 7) is 6.22. The number of halogens is 3. The molecule has 0 aliphatic carbocycles. The van der Waals surface area contributed by atoms with Crippen molar-refractivity contribution in [3.63, 3.8) is 0 Å². The molecule has 3 amide bonds. The first kappa shape index (κ1) is 27.6. The second-order valence-corrected chi connectivity index (χ2v) is 5.12. The summed E-state index contributed by atoms with van der Waals surface area (Å²) < 4.78 is -0.665. The highest BCUT2D eigenvalue weighted by Gasteiger charge is 2.32. The number of primary amides is 1. The molecule has 0 aromatic rings. The molecule has 0 aliphatic heterocycles. The third-order valence-electron chi connectivity index (χ3n) is 2.26. The first-order valence-electron chi connectivity index (χ1n) is 5.42. The zero-order valence-electron chi connectivity index (χ0n) is 11.8. The number of urea groups is 1.